The standard InChI is InChI=1S/C30H36FN3O5S/c1-5-18-32-30(36)26(6-2)33(20-23-13-15-24(31)16-14-23)29(35)21-34(27-19-22(3)12-17-28(27)39-4)40(37,38)25-10-8-7-9-11-25/h7-17,19,26H,5-6,18,20-21H2,1-4H3,(H,32,36). The number of aryl methyl sites for hydroxylation is 1. The number of anilines is 1. The molecule has 0 saturated heterocycles. The SMILES string of the molecule is CCCNC(=O)C(CC)N(Cc1ccc(F)cc1)C(=O)CN(c1cc(C)ccc1OC)S(=O)(=O)c1ccccc1. The van der Waals surface area contributed by atoms with E-state index in [1.165, 1.54) is 48.4 Å². The van der Waals surface area contributed by atoms with Gasteiger partial charge in [0.1, 0.15) is 24.2 Å². The van der Waals surface area contributed by atoms with Crippen LogP contribution in [0, 0.1) is 12.7 Å². The Balaban J connectivity index is 2.10. The molecule has 1 unspecified atom stereocenters. The quantitative estimate of drug-likeness (QED) is 0.323. The van der Waals surface area contributed by atoms with Crippen LogP contribution in [0.2, 0.25) is 0 Å². The third-order valence-corrected chi connectivity index (χ3v) is 8.19. The van der Waals surface area contributed by atoms with E-state index < -0.39 is 34.3 Å². The van der Waals surface area contributed by atoms with Crippen molar-refractivity contribution >= 4 is 27.5 Å². The minimum atomic E-state index is -4.22. The Morgan fingerprint density at radius 1 is 1.00 bits per heavy atom. The van der Waals surface area contributed by atoms with E-state index in [-0.39, 0.29) is 28.8 Å². The first-order chi connectivity index (χ1) is 19.1. The van der Waals surface area contributed by atoms with Gasteiger partial charge in [0.05, 0.1) is 17.7 Å². The lowest BCUT2D eigenvalue weighted by Crippen LogP contribution is -2.52. The molecule has 3 rings (SSSR count). The van der Waals surface area contributed by atoms with E-state index in [1.54, 1.807) is 43.3 Å². The maximum atomic E-state index is 14.1. The number of amides is 2. The lowest BCUT2D eigenvalue weighted by atomic mass is 10.1. The summed E-state index contributed by atoms with van der Waals surface area (Å²) in [5.41, 5.74) is 1.57. The van der Waals surface area contributed by atoms with Crippen molar-refractivity contribution in [3.63, 3.8) is 0 Å². The normalized spacial score (nSPS) is 11.9. The van der Waals surface area contributed by atoms with Crippen LogP contribution in [0.3, 0.4) is 0 Å². The lowest BCUT2D eigenvalue weighted by Gasteiger charge is -2.33. The molecule has 40 heavy (non-hydrogen) atoms. The number of nitrogens with zero attached hydrogens (tertiary/aromatic N) is 2. The Morgan fingerprint density at radius 3 is 2.27 bits per heavy atom. The van der Waals surface area contributed by atoms with Gasteiger partial charge in [-0.3, -0.25) is 13.9 Å². The summed E-state index contributed by atoms with van der Waals surface area (Å²) in [5.74, 6) is -1.09. The summed E-state index contributed by atoms with van der Waals surface area (Å²) in [6, 6.07) is 17.6. The Bertz CT molecular complexity index is 1400. The molecule has 0 radical (unpaired) electrons. The van der Waals surface area contributed by atoms with Gasteiger partial charge in [-0.15, -0.1) is 0 Å². The molecule has 8 nitrogen and oxygen atoms in total. The van der Waals surface area contributed by atoms with Crippen LogP contribution in [0.1, 0.15) is 37.8 Å². The van der Waals surface area contributed by atoms with Crippen LogP contribution in [0.5, 0.6) is 5.75 Å². The van der Waals surface area contributed by atoms with Gasteiger partial charge in [-0.05, 0) is 67.3 Å². The van der Waals surface area contributed by atoms with Gasteiger partial charge in [0.2, 0.25) is 11.8 Å². The molecule has 10 heteroatoms. The van der Waals surface area contributed by atoms with Gasteiger partial charge in [-0.1, -0.05) is 50.2 Å². The average molecular weight is 570 g/mol. The summed E-state index contributed by atoms with van der Waals surface area (Å²) in [5, 5.41) is 2.84. The highest BCUT2D eigenvalue weighted by molar-refractivity contribution is 7.92. The Labute approximate surface area is 235 Å². The highest BCUT2D eigenvalue weighted by atomic mass is 32.2. The molecule has 0 spiro atoms. The van der Waals surface area contributed by atoms with Crippen LogP contribution >= 0.6 is 0 Å². The predicted molar refractivity (Wildman–Crippen MR) is 153 cm³/mol. The van der Waals surface area contributed by atoms with Crippen molar-refractivity contribution in [1.82, 2.24) is 10.2 Å². The summed E-state index contributed by atoms with van der Waals surface area (Å²) < 4.78 is 48.0. The maximum absolute atomic E-state index is 14.1. The zero-order chi connectivity index (χ0) is 29.3. The zero-order valence-corrected chi connectivity index (χ0v) is 24.1. The number of hydrogen-bond acceptors (Lipinski definition) is 5. The van der Waals surface area contributed by atoms with Crippen molar-refractivity contribution in [2.24, 2.45) is 0 Å². The maximum Gasteiger partial charge on any atom is 0.264 e. The fourth-order valence-corrected chi connectivity index (χ4v) is 5.74. The number of benzene rings is 3. The van der Waals surface area contributed by atoms with E-state index in [4.69, 9.17) is 4.74 Å². The van der Waals surface area contributed by atoms with Crippen molar-refractivity contribution in [1.29, 1.82) is 0 Å². The number of rotatable bonds is 13. The molecule has 0 aliphatic rings. The van der Waals surface area contributed by atoms with Crippen molar-refractivity contribution < 1.29 is 27.1 Å². The summed E-state index contributed by atoms with van der Waals surface area (Å²) in [7, 11) is -2.80. The van der Waals surface area contributed by atoms with Crippen molar-refractivity contribution in [3.8, 4) is 5.75 Å². The third-order valence-electron chi connectivity index (χ3n) is 6.41. The highest BCUT2D eigenvalue weighted by Gasteiger charge is 2.34. The second kappa shape index (κ2) is 13.9. The minimum Gasteiger partial charge on any atom is -0.495 e. The van der Waals surface area contributed by atoms with Crippen molar-refractivity contribution in [2.75, 3.05) is 24.5 Å². The van der Waals surface area contributed by atoms with Crippen LogP contribution in [-0.2, 0) is 26.2 Å². The first-order valence-electron chi connectivity index (χ1n) is 13.2. The fraction of sp³-hybridized carbons (Fsp3) is 0.333. The first kappa shape index (κ1) is 30.6. The Hall–Kier alpha value is -3.92. The summed E-state index contributed by atoms with van der Waals surface area (Å²) in [6.45, 7) is 5.34. The number of carbonyl (C=O) groups is 2. The highest BCUT2D eigenvalue weighted by Crippen LogP contribution is 2.33. The second-order valence-corrected chi connectivity index (χ2v) is 11.2. The van der Waals surface area contributed by atoms with Gasteiger partial charge in [-0.25, -0.2) is 12.8 Å². The first-order valence-corrected chi connectivity index (χ1v) is 14.6. The topological polar surface area (TPSA) is 96.0 Å². The molecule has 0 bridgehead atoms. The van der Waals surface area contributed by atoms with Crippen molar-refractivity contribution in [3.05, 3.63) is 89.7 Å². The van der Waals surface area contributed by atoms with Crippen LogP contribution in [0.15, 0.2) is 77.7 Å². The number of sulfonamides is 1. The minimum absolute atomic E-state index is 0.00386. The molecule has 0 saturated carbocycles. The second-order valence-electron chi connectivity index (χ2n) is 9.36. The van der Waals surface area contributed by atoms with Crippen LogP contribution in [-0.4, -0.2) is 51.4 Å². The number of halogens is 1. The fourth-order valence-electron chi connectivity index (χ4n) is 4.30. The molecular formula is C30H36FN3O5S. The molecule has 0 aliphatic carbocycles. The molecule has 0 aliphatic heterocycles. The average Bonchev–Trinajstić information content (AvgIpc) is 2.95. The smallest absolute Gasteiger partial charge is 0.264 e. The van der Waals surface area contributed by atoms with Gasteiger partial charge < -0.3 is 15.0 Å². The molecule has 3 aromatic carbocycles. The molecule has 1 atom stereocenters. The van der Waals surface area contributed by atoms with E-state index in [0.29, 0.717) is 24.9 Å². The van der Waals surface area contributed by atoms with E-state index >= 15 is 0 Å². The number of nitrogens with one attached hydrogen (secondary N) is 1. The zero-order valence-electron chi connectivity index (χ0n) is 23.3. The van der Waals surface area contributed by atoms with Crippen molar-refractivity contribution in [2.45, 2.75) is 51.1 Å². The van der Waals surface area contributed by atoms with Crippen LogP contribution in [0.4, 0.5) is 10.1 Å². The lowest BCUT2D eigenvalue weighted by molar-refractivity contribution is -0.140. The van der Waals surface area contributed by atoms with Gasteiger partial charge >= 0.3 is 0 Å². The number of ether oxygens (including phenoxy) is 1. The largest absolute Gasteiger partial charge is 0.495 e. The molecule has 1 N–H and O–H groups in total. The molecular weight excluding hydrogens is 533 g/mol. The van der Waals surface area contributed by atoms with Gasteiger partial charge in [0.25, 0.3) is 10.0 Å². The summed E-state index contributed by atoms with van der Waals surface area (Å²) >= 11 is 0. The molecule has 0 fully saturated rings. The van der Waals surface area contributed by atoms with E-state index in [1.807, 2.05) is 13.8 Å². The van der Waals surface area contributed by atoms with E-state index in [2.05, 4.69) is 5.32 Å². The summed E-state index contributed by atoms with van der Waals surface area (Å²) in [4.78, 5) is 28.5. The number of methoxy groups -OCH3 is 1. The number of hydrogen-bond donors (Lipinski definition) is 1. The Morgan fingerprint density at radius 2 is 1.68 bits per heavy atom. The van der Waals surface area contributed by atoms with E-state index in [9.17, 15) is 22.4 Å². The molecule has 0 heterocycles. The third kappa shape index (κ3) is 7.38. The molecule has 214 valence electrons. The molecule has 3 aromatic rings. The molecule has 2 amide bonds. The van der Waals surface area contributed by atoms with Gasteiger partial charge in [0, 0.05) is 13.1 Å². The van der Waals surface area contributed by atoms with E-state index in [0.717, 1.165) is 9.87 Å². The van der Waals surface area contributed by atoms with Crippen LogP contribution < -0.4 is 14.4 Å². The molecule has 0 aromatic heterocycles. The van der Waals surface area contributed by atoms with Gasteiger partial charge in [-0.2, -0.15) is 0 Å². The monoisotopic (exact) mass is 569 g/mol. The van der Waals surface area contributed by atoms with Crippen LogP contribution in [0.25, 0.3) is 0 Å². The Kier molecular flexibility index (Phi) is 10.7. The predicted octanol–water partition coefficient (Wildman–Crippen LogP) is 4.67. The number of carbonyl (C=O) groups excluding carboxylic acids is 2. The summed E-state index contributed by atoms with van der Waals surface area (Å²) in [6.07, 6.45) is 1.01. The van der Waals surface area contributed by atoms with Gasteiger partial charge in [0.15, 0.2) is 0 Å².